The zero-order valence-electron chi connectivity index (χ0n) is 8.70. The van der Waals surface area contributed by atoms with Gasteiger partial charge in [0.25, 0.3) is 0 Å². The highest BCUT2D eigenvalue weighted by Gasteiger charge is 2.24. The first-order valence-corrected chi connectivity index (χ1v) is 5.56. The van der Waals surface area contributed by atoms with Gasteiger partial charge in [-0.25, -0.2) is 13.2 Å². The summed E-state index contributed by atoms with van der Waals surface area (Å²) in [5, 5.41) is -0.675. The van der Waals surface area contributed by atoms with Crippen molar-refractivity contribution in [1.82, 2.24) is 0 Å². The van der Waals surface area contributed by atoms with Crippen LogP contribution < -0.4 is 10.0 Å². The second-order valence-electron chi connectivity index (χ2n) is 3.75. The lowest BCUT2D eigenvalue weighted by molar-refractivity contribution is 0.364. The highest BCUT2D eigenvalue weighted by atomic mass is 31.0. The summed E-state index contributed by atoms with van der Waals surface area (Å²) in [4.78, 5) is 0. The summed E-state index contributed by atoms with van der Waals surface area (Å²) >= 11 is 0. The third kappa shape index (κ3) is 2.16. The Morgan fingerprint density at radius 1 is 0.941 bits per heavy atom. The molecule has 0 spiro atoms. The van der Waals surface area contributed by atoms with Gasteiger partial charge >= 0.3 is 0 Å². The summed E-state index contributed by atoms with van der Waals surface area (Å²) in [6.45, 7) is 0. The average molecular weight is 264 g/mol. The molecule has 1 aliphatic rings. The van der Waals surface area contributed by atoms with Gasteiger partial charge in [-0.1, -0.05) is 9.24 Å². The number of rotatable bonds is 2. The van der Waals surface area contributed by atoms with Gasteiger partial charge in [0.15, 0.2) is 17.5 Å². The molecule has 1 fully saturated rings. The van der Waals surface area contributed by atoms with Gasteiger partial charge in [-0.3, -0.25) is 0 Å². The quantitative estimate of drug-likeness (QED) is 0.262. The highest BCUT2D eigenvalue weighted by Crippen LogP contribution is 2.29. The number of benzene rings is 1. The van der Waals surface area contributed by atoms with Crippen molar-refractivity contribution in [2.45, 2.75) is 19.3 Å². The van der Waals surface area contributed by atoms with Crippen LogP contribution in [0.4, 0.5) is 17.6 Å². The van der Waals surface area contributed by atoms with Gasteiger partial charge in [0.05, 0.1) is 6.26 Å². The van der Waals surface area contributed by atoms with E-state index >= 15 is 0 Å². The van der Waals surface area contributed by atoms with Crippen LogP contribution >= 0.6 is 9.24 Å². The van der Waals surface area contributed by atoms with E-state index in [0.717, 1.165) is 24.8 Å². The molecule has 1 unspecified atom stereocenters. The summed E-state index contributed by atoms with van der Waals surface area (Å²) in [5.41, 5.74) is 0.888. The third-order valence-electron chi connectivity index (χ3n) is 2.60. The predicted molar refractivity (Wildman–Crippen MR) is 58.2 cm³/mol. The lowest BCUT2D eigenvalue weighted by atomic mass is 9.94. The fraction of sp³-hybridized carbons (Fsp3) is 0.273. The van der Waals surface area contributed by atoms with Gasteiger partial charge in [0.1, 0.15) is 0 Å². The van der Waals surface area contributed by atoms with E-state index in [2.05, 4.69) is 0 Å². The topological polar surface area (TPSA) is 9.23 Å². The number of halogens is 4. The Labute approximate surface area is 97.7 Å². The third-order valence-corrected chi connectivity index (χ3v) is 3.10. The Hall–Kier alpha value is -1.09. The fourth-order valence-corrected chi connectivity index (χ4v) is 1.63. The fourth-order valence-electron chi connectivity index (χ4n) is 1.37. The van der Waals surface area contributed by atoms with Gasteiger partial charge < -0.3 is 4.74 Å². The second kappa shape index (κ2) is 4.65. The molecule has 2 rings (SSSR count). The Balaban J connectivity index is 2.38. The molecule has 1 atom stereocenters. The normalized spacial score (nSPS) is 14.5. The molecule has 1 aliphatic carbocycles. The van der Waals surface area contributed by atoms with Crippen molar-refractivity contribution >= 4 is 14.5 Å². The Morgan fingerprint density at radius 2 is 1.59 bits per heavy atom. The summed E-state index contributed by atoms with van der Waals surface area (Å²) in [5.74, 6) is -7.11. The van der Waals surface area contributed by atoms with E-state index in [1.807, 2.05) is 0 Å². The van der Waals surface area contributed by atoms with E-state index in [4.69, 9.17) is 4.74 Å². The first kappa shape index (κ1) is 12.4. The Bertz CT molecular complexity index is 464. The molecule has 1 aromatic rings. The van der Waals surface area contributed by atoms with Crippen LogP contribution in [0.2, 0.25) is 0 Å². The monoisotopic (exact) mass is 264 g/mol. The second-order valence-corrected chi connectivity index (χ2v) is 4.32. The number of ether oxygens (including phenoxy) is 1. The van der Waals surface area contributed by atoms with Crippen LogP contribution in [0.1, 0.15) is 19.3 Å². The molecule has 1 aromatic carbocycles. The van der Waals surface area contributed by atoms with Crippen molar-refractivity contribution in [2.24, 2.45) is 0 Å². The Kier molecular flexibility index (Phi) is 3.38. The molecule has 0 amide bonds. The van der Waals surface area contributed by atoms with Crippen LogP contribution in [0.3, 0.4) is 0 Å². The van der Waals surface area contributed by atoms with Crippen molar-refractivity contribution in [2.75, 3.05) is 0 Å². The molecule has 0 saturated heterocycles. The van der Waals surface area contributed by atoms with E-state index in [9.17, 15) is 17.6 Å². The lowest BCUT2D eigenvalue weighted by Gasteiger charge is -2.16. The summed E-state index contributed by atoms with van der Waals surface area (Å²) in [7, 11) is 1.68. The molecule has 0 radical (unpaired) electrons. The summed E-state index contributed by atoms with van der Waals surface area (Å²) in [6.07, 6.45) is 3.76. The van der Waals surface area contributed by atoms with Crippen molar-refractivity contribution in [3.05, 3.63) is 35.1 Å². The maximum Gasteiger partial charge on any atom is 0.207 e. The van der Waals surface area contributed by atoms with Crippen LogP contribution in [0, 0.1) is 23.3 Å². The van der Waals surface area contributed by atoms with Crippen LogP contribution in [-0.2, 0) is 0 Å². The maximum absolute atomic E-state index is 13.5. The van der Waals surface area contributed by atoms with Crippen molar-refractivity contribution in [3.8, 4) is 5.75 Å². The van der Waals surface area contributed by atoms with Crippen molar-refractivity contribution in [3.63, 3.8) is 0 Å². The predicted octanol–water partition coefficient (Wildman–Crippen LogP) is 3.19. The minimum atomic E-state index is -1.74. The molecule has 0 heterocycles. The van der Waals surface area contributed by atoms with E-state index in [-0.39, 0.29) is 0 Å². The molecule has 92 valence electrons. The van der Waals surface area contributed by atoms with Crippen LogP contribution in [-0.4, -0.2) is 0 Å². The SMILES string of the molecule is Fc1c(F)c(P)c(F)c(OC=C2CCC2)c1F. The van der Waals surface area contributed by atoms with Crippen molar-refractivity contribution in [1.29, 1.82) is 0 Å². The Morgan fingerprint density at radius 3 is 2.12 bits per heavy atom. The summed E-state index contributed by atoms with van der Waals surface area (Å²) in [6, 6.07) is 0. The summed E-state index contributed by atoms with van der Waals surface area (Å²) < 4.78 is 57.5. The van der Waals surface area contributed by atoms with Gasteiger partial charge in [-0.15, -0.1) is 0 Å². The molecule has 0 aromatic heterocycles. The zero-order valence-corrected chi connectivity index (χ0v) is 9.85. The molecular weight excluding hydrogens is 255 g/mol. The standard InChI is InChI=1S/C11H9F4OP/c12-6-7(13)10(9(15)11(17)8(6)14)16-4-5-2-1-3-5/h4H,1-3,17H2. The van der Waals surface area contributed by atoms with Crippen LogP contribution in [0.15, 0.2) is 11.8 Å². The zero-order chi connectivity index (χ0) is 12.6. The molecular formula is C11H9F4OP. The smallest absolute Gasteiger partial charge is 0.207 e. The molecule has 6 heteroatoms. The van der Waals surface area contributed by atoms with E-state index in [1.54, 1.807) is 9.24 Å². The van der Waals surface area contributed by atoms with E-state index < -0.39 is 34.3 Å². The van der Waals surface area contributed by atoms with E-state index in [0.29, 0.717) is 0 Å². The van der Waals surface area contributed by atoms with Gasteiger partial charge in [-0.05, 0) is 24.8 Å². The first-order chi connectivity index (χ1) is 8.02. The van der Waals surface area contributed by atoms with Gasteiger partial charge in [-0.2, -0.15) is 4.39 Å². The van der Waals surface area contributed by atoms with E-state index in [1.165, 1.54) is 6.26 Å². The minimum absolute atomic E-state index is 0.675. The number of allylic oxidation sites excluding steroid dienone is 1. The average Bonchev–Trinajstić information content (AvgIpc) is 2.26. The number of hydrogen-bond donors (Lipinski definition) is 0. The van der Waals surface area contributed by atoms with Crippen LogP contribution in [0.5, 0.6) is 5.75 Å². The largest absolute Gasteiger partial charge is 0.459 e. The molecule has 1 nitrogen and oxygen atoms in total. The van der Waals surface area contributed by atoms with Crippen LogP contribution in [0.25, 0.3) is 0 Å². The molecule has 0 aliphatic heterocycles. The maximum atomic E-state index is 13.5. The molecule has 0 bridgehead atoms. The highest BCUT2D eigenvalue weighted by molar-refractivity contribution is 7.27. The number of hydrogen-bond acceptors (Lipinski definition) is 1. The molecule has 0 N–H and O–H groups in total. The molecule has 17 heavy (non-hydrogen) atoms. The van der Waals surface area contributed by atoms with Gasteiger partial charge in [0.2, 0.25) is 11.6 Å². The molecule has 1 saturated carbocycles. The first-order valence-electron chi connectivity index (χ1n) is 4.98. The van der Waals surface area contributed by atoms with Gasteiger partial charge in [0, 0.05) is 5.30 Å². The lowest BCUT2D eigenvalue weighted by Crippen LogP contribution is -2.13. The minimum Gasteiger partial charge on any atom is -0.459 e. The van der Waals surface area contributed by atoms with Crippen molar-refractivity contribution < 1.29 is 22.3 Å².